The normalized spacial score (nSPS) is 38.2. The van der Waals surface area contributed by atoms with Gasteiger partial charge in [0.2, 0.25) is 0 Å². The van der Waals surface area contributed by atoms with Crippen molar-refractivity contribution in [3.8, 4) is 0 Å². The zero-order valence-electron chi connectivity index (χ0n) is 15.1. The van der Waals surface area contributed by atoms with E-state index in [1.807, 2.05) is 0 Å². The summed E-state index contributed by atoms with van der Waals surface area (Å²) >= 11 is 0. The maximum absolute atomic E-state index is 12.7. The Balaban J connectivity index is 1.27. The van der Waals surface area contributed by atoms with Gasteiger partial charge in [-0.3, -0.25) is 14.9 Å². The molecule has 144 valence electrons. The quantitative estimate of drug-likeness (QED) is 0.658. The third kappa shape index (κ3) is 3.46. The van der Waals surface area contributed by atoms with E-state index in [4.69, 9.17) is 4.74 Å². The molecule has 26 heavy (non-hydrogen) atoms. The number of rotatable bonds is 4. The number of carbonyl (C=O) groups excluding carboxylic acids is 3. The van der Waals surface area contributed by atoms with E-state index in [0.29, 0.717) is 18.3 Å². The molecule has 0 aliphatic heterocycles. The van der Waals surface area contributed by atoms with Crippen LogP contribution in [-0.2, 0) is 14.3 Å². The number of urea groups is 1. The molecule has 5 aliphatic rings. The average Bonchev–Trinajstić information content (AvgIpc) is 3.02. The lowest BCUT2D eigenvalue weighted by Crippen LogP contribution is -2.58. The van der Waals surface area contributed by atoms with E-state index in [0.717, 1.165) is 57.8 Å². The van der Waals surface area contributed by atoms with E-state index in [-0.39, 0.29) is 6.04 Å². The number of carbonyl (C=O) groups is 3. The second kappa shape index (κ2) is 6.51. The lowest BCUT2D eigenvalue weighted by molar-refractivity contribution is -0.196. The summed E-state index contributed by atoms with van der Waals surface area (Å²) in [5.41, 5.74) is -1.39. The van der Waals surface area contributed by atoms with E-state index in [9.17, 15) is 19.5 Å². The van der Waals surface area contributed by atoms with Crippen molar-refractivity contribution >= 4 is 17.9 Å². The number of esters is 1. The van der Waals surface area contributed by atoms with Gasteiger partial charge in [0, 0.05) is 6.04 Å². The number of hydrogen-bond donors (Lipinski definition) is 3. The van der Waals surface area contributed by atoms with E-state index >= 15 is 0 Å². The smallest absolute Gasteiger partial charge is 0.321 e. The SMILES string of the molecule is O=C(COC(=O)C12CC3CC(CC(O)(C3)C1)C2)NC(=O)NC1CCCC1. The van der Waals surface area contributed by atoms with E-state index < -0.39 is 35.5 Å². The van der Waals surface area contributed by atoms with Gasteiger partial charge < -0.3 is 15.2 Å². The fourth-order valence-corrected chi connectivity index (χ4v) is 6.19. The Kier molecular flexibility index (Phi) is 4.45. The maximum Gasteiger partial charge on any atom is 0.321 e. The highest BCUT2D eigenvalue weighted by Gasteiger charge is 2.60. The van der Waals surface area contributed by atoms with E-state index in [1.165, 1.54) is 0 Å². The predicted molar refractivity (Wildman–Crippen MR) is 92.0 cm³/mol. The molecule has 0 aromatic carbocycles. The summed E-state index contributed by atoms with van der Waals surface area (Å²) in [6.45, 7) is -0.452. The number of imide groups is 1. The van der Waals surface area contributed by atoms with E-state index in [2.05, 4.69) is 10.6 Å². The van der Waals surface area contributed by atoms with Crippen LogP contribution in [0.25, 0.3) is 0 Å². The van der Waals surface area contributed by atoms with Crippen molar-refractivity contribution in [3.05, 3.63) is 0 Å². The molecule has 7 nitrogen and oxygen atoms in total. The van der Waals surface area contributed by atoms with Crippen molar-refractivity contribution in [2.24, 2.45) is 17.3 Å². The molecule has 7 heteroatoms. The molecule has 3 N–H and O–H groups in total. The molecule has 5 fully saturated rings. The van der Waals surface area contributed by atoms with Crippen molar-refractivity contribution in [3.63, 3.8) is 0 Å². The van der Waals surface area contributed by atoms with E-state index in [1.54, 1.807) is 0 Å². The zero-order chi connectivity index (χ0) is 18.4. The van der Waals surface area contributed by atoms with Crippen LogP contribution in [0, 0.1) is 17.3 Å². The minimum absolute atomic E-state index is 0.123. The Morgan fingerprint density at radius 1 is 1.04 bits per heavy atom. The van der Waals surface area contributed by atoms with Gasteiger partial charge in [0.25, 0.3) is 5.91 Å². The molecule has 5 saturated carbocycles. The van der Waals surface area contributed by atoms with Crippen LogP contribution in [0.4, 0.5) is 4.79 Å². The second-order valence-electron chi connectivity index (χ2n) is 9.04. The molecule has 2 atom stereocenters. The lowest BCUT2D eigenvalue weighted by atomic mass is 9.48. The Morgan fingerprint density at radius 3 is 2.31 bits per heavy atom. The number of hydrogen-bond acceptors (Lipinski definition) is 5. The highest BCUT2D eigenvalue weighted by Crippen LogP contribution is 2.61. The largest absolute Gasteiger partial charge is 0.455 e. The summed E-state index contributed by atoms with van der Waals surface area (Å²) in [6.07, 6.45) is 8.62. The molecule has 5 rings (SSSR count). The molecule has 0 radical (unpaired) electrons. The predicted octanol–water partition coefficient (Wildman–Crippen LogP) is 1.63. The summed E-state index contributed by atoms with van der Waals surface area (Å²) in [7, 11) is 0. The fourth-order valence-electron chi connectivity index (χ4n) is 6.19. The number of ether oxygens (including phenoxy) is 1. The number of amides is 3. The Hall–Kier alpha value is -1.63. The van der Waals surface area contributed by atoms with Crippen LogP contribution < -0.4 is 10.6 Å². The first-order valence-corrected chi connectivity index (χ1v) is 9.86. The first-order chi connectivity index (χ1) is 12.4. The van der Waals surface area contributed by atoms with Crippen LogP contribution >= 0.6 is 0 Å². The maximum atomic E-state index is 12.7. The van der Waals surface area contributed by atoms with Crippen molar-refractivity contribution in [1.29, 1.82) is 0 Å². The Bertz CT molecular complexity index is 599. The lowest BCUT2D eigenvalue weighted by Gasteiger charge is -2.58. The minimum atomic E-state index is -0.744. The molecule has 0 aromatic heterocycles. The van der Waals surface area contributed by atoms with Gasteiger partial charge in [-0.2, -0.15) is 0 Å². The van der Waals surface area contributed by atoms with Crippen LogP contribution in [-0.4, -0.2) is 41.3 Å². The third-order valence-electron chi connectivity index (χ3n) is 6.74. The summed E-state index contributed by atoms with van der Waals surface area (Å²) < 4.78 is 5.26. The van der Waals surface area contributed by atoms with Gasteiger partial charge >= 0.3 is 12.0 Å². The van der Waals surface area contributed by atoms with Crippen LogP contribution in [0.5, 0.6) is 0 Å². The van der Waals surface area contributed by atoms with Crippen molar-refractivity contribution in [2.45, 2.75) is 75.9 Å². The summed E-state index contributed by atoms with van der Waals surface area (Å²) in [5.74, 6) is -0.256. The highest BCUT2D eigenvalue weighted by atomic mass is 16.5. The Labute approximate surface area is 153 Å². The first-order valence-electron chi connectivity index (χ1n) is 9.86. The van der Waals surface area contributed by atoms with Gasteiger partial charge in [0.15, 0.2) is 6.61 Å². The van der Waals surface area contributed by atoms with Gasteiger partial charge in [0.05, 0.1) is 11.0 Å². The minimum Gasteiger partial charge on any atom is -0.455 e. The van der Waals surface area contributed by atoms with Gasteiger partial charge in [-0.25, -0.2) is 4.79 Å². The second-order valence-corrected chi connectivity index (χ2v) is 9.04. The molecule has 0 spiro atoms. The van der Waals surface area contributed by atoms with Crippen LogP contribution in [0.1, 0.15) is 64.2 Å². The summed E-state index contributed by atoms with van der Waals surface area (Å²) in [5, 5.41) is 15.7. The van der Waals surface area contributed by atoms with Crippen molar-refractivity contribution in [1.82, 2.24) is 10.6 Å². The number of nitrogens with one attached hydrogen (secondary N) is 2. The van der Waals surface area contributed by atoms with Crippen molar-refractivity contribution in [2.75, 3.05) is 6.61 Å². The molecule has 4 bridgehead atoms. The monoisotopic (exact) mass is 364 g/mol. The number of aliphatic hydroxyl groups is 1. The van der Waals surface area contributed by atoms with Gasteiger partial charge in [0.1, 0.15) is 0 Å². The summed E-state index contributed by atoms with van der Waals surface area (Å²) in [6, 6.07) is -0.403. The summed E-state index contributed by atoms with van der Waals surface area (Å²) in [4.78, 5) is 36.4. The topological polar surface area (TPSA) is 105 Å². The van der Waals surface area contributed by atoms with Crippen LogP contribution in [0.3, 0.4) is 0 Å². The third-order valence-corrected chi connectivity index (χ3v) is 6.74. The molecule has 0 aromatic rings. The molecule has 5 aliphatic carbocycles. The van der Waals surface area contributed by atoms with Crippen molar-refractivity contribution < 1.29 is 24.2 Å². The van der Waals surface area contributed by atoms with Crippen LogP contribution in [0.15, 0.2) is 0 Å². The van der Waals surface area contributed by atoms with Gasteiger partial charge in [-0.1, -0.05) is 12.8 Å². The van der Waals surface area contributed by atoms with Gasteiger partial charge in [-0.05, 0) is 63.2 Å². The molecule has 3 amide bonds. The molecule has 0 heterocycles. The molecular formula is C19H28N2O5. The fraction of sp³-hybridized carbons (Fsp3) is 0.842. The van der Waals surface area contributed by atoms with Crippen LogP contribution in [0.2, 0.25) is 0 Å². The standard InChI is InChI=1S/C19H28N2O5/c22-15(21-17(24)20-14-3-1-2-4-14)10-26-16(23)18-6-12-5-13(7-18)9-19(25,8-12)11-18/h12-14,25H,1-11H2,(H2,20,21,22,24). The molecule has 0 saturated heterocycles. The molecular weight excluding hydrogens is 336 g/mol. The van der Waals surface area contributed by atoms with Gasteiger partial charge in [-0.15, -0.1) is 0 Å². The first kappa shape index (κ1) is 17.8. The average molecular weight is 364 g/mol. The molecule has 2 unspecified atom stereocenters. The zero-order valence-corrected chi connectivity index (χ0v) is 15.1. The Morgan fingerprint density at radius 2 is 1.69 bits per heavy atom. The highest BCUT2D eigenvalue weighted by molar-refractivity contribution is 5.95.